The number of nitrogens with one attached hydrogen (secondary N) is 1. The summed E-state index contributed by atoms with van der Waals surface area (Å²) in [5, 5.41) is 3.30. The summed E-state index contributed by atoms with van der Waals surface area (Å²) in [6, 6.07) is 12.2. The Hall–Kier alpha value is -3.15. The Morgan fingerprint density at radius 1 is 1.25 bits per heavy atom. The summed E-state index contributed by atoms with van der Waals surface area (Å²) in [6.07, 6.45) is 1.64. The lowest BCUT2D eigenvalue weighted by atomic mass is 10.1. The van der Waals surface area contributed by atoms with E-state index >= 15 is 0 Å². The topological polar surface area (TPSA) is 81.4 Å². The number of ether oxygens (including phenoxy) is 1. The maximum Gasteiger partial charge on any atom is 0.349 e. The summed E-state index contributed by atoms with van der Waals surface area (Å²) < 4.78 is 10.7. The molecule has 0 bridgehead atoms. The molecule has 6 nitrogen and oxygen atoms in total. The van der Waals surface area contributed by atoms with E-state index in [1.54, 1.807) is 36.5 Å². The Morgan fingerprint density at radius 3 is 2.88 bits per heavy atom. The van der Waals surface area contributed by atoms with Crippen molar-refractivity contribution in [2.45, 2.75) is 13.5 Å². The lowest BCUT2D eigenvalue weighted by molar-refractivity contribution is 0.0947. The molecule has 122 valence electrons. The molecule has 0 fully saturated rings. The van der Waals surface area contributed by atoms with Crippen LogP contribution in [0.2, 0.25) is 0 Å². The summed E-state index contributed by atoms with van der Waals surface area (Å²) in [6.45, 7) is 2.53. The Balaban J connectivity index is 1.88. The number of benzene rings is 1. The van der Waals surface area contributed by atoms with Gasteiger partial charge in [0, 0.05) is 11.6 Å². The van der Waals surface area contributed by atoms with Gasteiger partial charge in [0.15, 0.2) is 11.3 Å². The molecule has 0 radical (unpaired) electrons. The maximum atomic E-state index is 12.3. The van der Waals surface area contributed by atoms with Gasteiger partial charge in [-0.3, -0.25) is 9.78 Å². The number of carbonyl (C=O) groups excluding carboxylic acids is 1. The van der Waals surface area contributed by atoms with Gasteiger partial charge in [-0.2, -0.15) is 0 Å². The van der Waals surface area contributed by atoms with E-state index in [-0.39, 0.29) is 12.1 Å². The first-order chi connectivity index (χ1) is 11.7. The second kappa shape index (κ2) is 6.95. The first kappa shape index (κ1) is 15.7. The van der Waals surface area contributed by atoms with E-state index in [1.165, 1.54) is 6.07 Å². The second-order valence-electron chi connectivity index (χ2n) is 5.06. The Labute approximate surface area is 138 Å². The van der Waals surface area contributed by atoms with Crippen molar-refractivity contribution in [3.8, 4) is 5.75 Å². The molecule has 1 aromatic carbocycles. The van der Waals surface area contributed by atoms with Crippen LogP contribution in [-0.2, 0) is 6.54 Å². The Bertz CT molecular complexity index is 919. The number of hydrogen-bond acceptors (Lipinski definition) is 5. The van der Waals surface area contributed by atoms with E-state index in [9.17, 15) is 9.59 Å². The van der Waals surface area contributed by atoms with E-state index in [1.807, 2.05) is 13.0 Å². The number of nitrogens with zero attached hydrogens (tertiary/aromatic N) is 1. The molecule has 24 heavy (non-hydrogen) atoms. The quantitative estimate of drug-likeness (QED) is 0.729. The minimum Gasteiger partial charge on any atom is -0.490 e. The average molecular weight is 324 g/mol. The van der Waals surface area contributed by atoms with Crippen LogP contribution in [0, 0.1) is 0 Å². The van der Waals surface area contributed by atoms with Crippen molar-refractivity contribution in [2.24, 2.45) is 0 Å². The molecule has 3 rings (SSSR count). The van der Waals surface area contributed by atoms with Crippen LogP contribution in [0.5, 0.6) is 5.75 Å². The summed E-state index contributed by atoms with van der Waals surface area (Å²) in [4.78, 5) is 28.5. The number of rotatable bonds is 5. The van der Waals surface area contributed by atoms with Crippen LogP contribution < -0.4 is 15.7 Å². The van der Waals surface area contributed by atoms with Gasteiger partial charge in [0.2, 0.25) is 0 Å². The predicted octanol–water partition coefficient (Wildman–Crippen LogP) is 2.52. The van der Waals surface area contributed by atoms with Crippen LogP contribution in [0.3, 0.4) is 0 Å². The summed E-state index contributed by atoms with van der Waals surface area (Å²) in [5.41, 5.74) is 0.292. The Morgan fingerprint density at radius 2 is 2.12 bits per heavy atom. The van der Waals surface area contributed by atoms with Gasteiger partial charge in [-0.05, 0) is 31.2 Å². The van der Waals surface area contributed by atoms with E-state index in [0.717, 1.165) is 0 Å². The summed E-state index contributed by atoms with van der Waals surface area (Å²) >= 11 is 0. The molecule has 6 heteroatoms. The highest BCUT2D eigenvalue weighted by Crippen LogP contribution is 2.24. The van der Waals surface area contributed by atoms with Gasteiger partial charge in [0.1, 0.15) is 5.56 Å². The van der Waals surface area contributed by atoms with Crippen LogP contribution in [0.15, 0.2) is 57.9 Å². The number of pyridine rings is 1. The van der Waals surface area contributed by atoms with Gasteiger partial charge in [-0.25, -0.2) is 4.79 Å². The lowest BCUT2D eigenvalue weighted by Crippen LogP contribution is -2.28. The molecule has 0 unspecified atom stereocenters. The number of fused-ring (bicyclic) bond motifs is 1. The monoisotopic (exact) mass is 324 g/mol. The first-order valence-corrected chi connectivity index (χ1v) is 7.57. The van der Waals surface area contributed by atoms with Crippen molar-refractivity contribution in [3.63, 3.8) is 0 Å². The minimum absolute atomic E-state index is 0.0490. The fourth-order valence-electron chi connectivity index (χ4n) is 2.31. The third-order valence-electron chi connectivity index (χ3n) is 3.42. The number of aromatic nitrogens is 1. The average Bonchev–Trinajstić information content (AvgIpc) is 2.61. The van der Waals surface area contributed by atoms with Crippen LogP contribution >= 0.6 is 0 Å². The second-order valence-corrected chi connectivity index (χ2v) is 5.06. The van der Waals surface area contributed by atoms with Crippen molar-refractivity contribution in [2.75, 3.05) is 6.61 Å². The molecule has 0 aliphatic rings. The molecule has 0 aliphatic carbocycles. The fourth-order valence-corrected chi connectivity index (χ4v) is 2.31. The smallest absolute Gasteiger partial charge is 0.349 e. The minimum atomic E-state index is -0.701. The predicted molar refractivity (Wildman–Crippen MR) is 89.1 cm³/mol. The highest BCUT2D eigenvalue weighted by atomic mass is 16.5. The van der Waals surface area contributed by atoms with Gasteiger partial charge < -0.3 is 14.5 Å². The lowest BCUT2D eigenvalue weighted by Gasteiger charge is -2.07. The van der Waals surface area contributed by atoms with E-state index < -0.39 is 11.5 Å². The molecule has 2 aromatic heterocycles. The van der Waals surface area contributed by atoms with Gasteiger partial charge in [-0.1, -0.05) is 18.2 Å². The molecule has 2 heterocycles. The van der Waals surface area contributed by atoms with E-state index in [0.29, 0.717) is 29.0 Å². The first-order valence-electron chi connectivity index (χ1n) is 7.57. The molecule has 1 amide bonds. The highest BCUT2D eigenvalue weighted by Gasteiger charge is 2.15. The number of carbonyl (C=O) groups is 1. The third kappa shape index (κ3) is 3.27. The molecule has 3 aromatic rings. The van der Waals surface area contributed by atoms with E-state index in [2.05, 4.69) is 10.3 Å². The molecular formula is C18H16N2O4. The van der Waals surface area contributed by atoms with Crippen molar-refractivity contribution in [1.29, 1.82) is 0 Å². The summed E-state index contributed by atoms with van der Waals surface area (Å²) in [7, 11) is 0. The number of para-hydroxylation sites is 1. The maximum absolute atomic E-state index is 12.3. The van der Waals surface area contributed by atoms with Crippen molar-refractivity contribution < 1.29 is 13.9 Å². The van der Waals surface area contributed by atoms with E-state index in [4.69, 9.17) is 9.15 Å². The van der Waals surface area contributed by atoms with Crippen LogP contribution in [0.1, 0.15) is 23.0 Å². The van der Waals surface area contributed by atoms with Gasteiger partial charge in [0.25, 0.3) is 5.91 Å². The fraction of sp³-hybridized carbons (Fsp3) is 0.167. The molecule has 0 saturated carbocycles. The number of hydrogen-bond donors (Lipinski definition) is 1. The Kier molecular flexibility index (Phi) is 4.56. The highest BCUT2D eigenvalue weighted by molar-refractivity contribution is 5.97. The zero-order valence-electron chi connectivity index (χ0n) is 13.1. The molecule has 0 spiro atoms. The van der Waals surface area contributed by atoms with Crippen molar-refractivity contribution in [1.82, 2.24) is 10.3 Å². The molecule has 1 N–H and O–H groups in total. The molecular weight excluding hydrogens is 308 g/mol. The van der Waals surface area contributed by atoms with Gasteiger partial charge in [0.05, 0.1) is 18.8 Å². The van der Waals surface area contributed by atoms with Crippen molar-refractivity contribution in [3.05, 3.63) is 70.3 Å². The molecule has 0 saturated heterocycles. The molecule has 0 aliphatic heterocycles. The number of amides is 1. The van der Waals surface area contributed by atoms with Gasteiger partial charge >= 0.3 is 5.63 Å². The van der Waals surface area contributed by atoms with Gasteiger partial charge in [-0.15, -0.1) is 0 Å². The largest absolute Gasteiger partial charge is 0.490 e. The van der Waals surface area contributed by atoms with Crippen LogP contribution in [0.25, 0.3) is 11.0 Å². The van der Waals surface area contributed by atoms with Crippen molar-refractivity contribution >= 4 is 16.9 Å². The molecule has 0 atom stereocenters. The third-order valence-corrected chi connectivity index (χ3v) is 3.42. The zero-order chi connectivity index (χ0) is 16.9. The van der Waals surface area contributed by atoms with Crippen LogP contribution in [0.4, 0.5) is 0 Å². The summed E-state index contributed by atoms with van der Waals surface area (Å²) in [5.74, 6) is -0.0225. The van der Waals surface area contributed by atoms with Crippen LogP contribution in [-0.4, -0.2) is 17.5 Å². The normalized spacial score (nSPS) is 10.5. The standard InChI is InChI=1S/C18H16N2O4/c1-2-23-15-8-5-6-12-10-14(18(22)24-16(12)15)17(21)20-11-13-7-3-4-9-19-13/h3-10H,2,11H2,1H3,(H,20,21). The SMILES string of the molecule is CCOc1cccc2cc(C(=O)NCc3ccccn3)c(=O)oc12. The zero-order valence-corrected chi connectivity index (χ0v) is 13.1.